The first kappa shape index (κ1) is 13.6. The third-order valence-corrected chi connectivity index (χ3v) is 3.58. The average Bonchev–Trinajstić information content (AvgIpc) is 2.47. The molecule has 0 saturated carbocycles. The molecule has 0 bridgehead atoms. The molecule has 104 valence electrons. The first-order chi connectivity index (χ1) is 10.1. The Bertz CT molecular complexity index is 879. The fraction of sp³-hybridized carbons (Fsp3) is 0. The molecular formula is C17H12BrNO2. The number of nitrogen functional groups attached to an aromatic ring is 1. The maximum Gasteiger partial charge on any atom is 0.193 e. The van der Waals surface area contributed by atoms with Crippen molar-refractivity contribution in [3.8, 4) is 0 Å². The van der Waals surface area contributed by atoms with Gasteiger partial charge in [-0.3, -0.25) is 4.79 Å². The third-order valence-electron chi connectivity index (χ3n) is 3.08. The Morgan fingerprint density at radius 2 is 1.76 bits per heavy atom. The Hall–Kier alpha value is -2.33. The highest BCUT2D eigenvalue weighted by atomic mass is 79.9. The second-order valence-electron chi connectivity index (χ2n) is 4.65. The molecule has 4 heteroatoms. The summed E-state index contributed by atoms with van der Waals surface area (Å²) in [7, 11) is 0. The van der Waals surface area contributed by atoms with E-state index in [-0.39, 0.29) is 5.43 Å². The normalized spacial score (nSPS) is 11.3. The number of nitrogens with two attached hydrogens (primary N) is 1. The van der Waals surface area contributed by atoms with Crippen LogP contribution in [0.1, 0.15) is 11.3 Å². The molecule has 3 rings (SSSR count). The number of benzene rings is 2. The molecule has 0 radical (unpaired) electrons. The fourth-order valence-electron chi connectivity index (χ4n) is 2.01. The summed E-state index contributed by atoms with van der Waals surface area (Å²) in [5.74, 6) is 0.520. The van der Waals surface area contributed by atoms with E-state index in [0.717, 1.165) is 15.7 Å². The highest BCUT2D eigenvalue weighted by Crippen LogP contribution is 2.19. The molecule has 0 aliphatic heterocycles. The quantitative estimate of drug-likeness (QED) is 0.706. The van der Waals surface area contributed by atoms with Crippen LogP contribution in [-0.2, 0) is 0 Å². The van der Waals surface area contributed by atoms with E-state index in [9.17, 15) is 4.79 Å². The van der Waals surface area contributed by atoms with Gasteiger partial charge in [0.15, 0.2) is 5.43 Å². The maximum atomic E-state index is 12.1. The monoisotopic (exact) mass is 341 g/mol. The molecule has 2 N–H and O–H groups in total. The van der Waals surface area contributed by atoms with E-state index in [1.807, 2.05) is 36.4 Å². The number of hydrogen-bond donors (Lipinski definition) is 1. The predicted octanol–water partition coefficient (Wildman–Crippen LogP) is 4.31. The van der Waals surface area contributed by atoms with Gasteiger partial charge in [-0.1, -0.05) is 34.1 Å². The Morgan fingerprint density at radius 3 is 2.52 bits per heavy atom. The smallest absolute Gasteiger partial charge is 0.193 e. The van der Waals surface area contributed by atoms with Crippen LogP contribution in [0.4, 0.5) is 5.69 Å². The molecule has 0 aliphatic carbocycles. The van der Waals surface area contributed by atoms with Crippen LogP contribution in [0.3, 0.4) is 0 Å². The number of hydrogen-bond acceptors (Lipinski definition) is 3. The Kier molecular flexibility index (Phi) is 3.62. The number of fused-ring (bicyclic) bond motifs is 1. The van der Waals surface area contributed by atoms with E-state index in [1.165, 1.54) is 6.07 Å². The zero-order valence-electron chi connectivity index (χ0n) is 11.0. The van der Waals surface area contributed by atoms with Crippen LogP contribution in [-0.4, -0.2) is 0 Å². The van der Waals surface area contributed by atoms with Crippen molar-refractivity contribution in [2.45, 2.75) is 0 Å². The molecule has 0 amide bonds. The van der Waals surface area contributed by atoms with Crippen LogP contribution in [0.25, 0.3) is 23.1 Å². The van der Waals surface area contributed by atoms with Crippen LogP contribution in [0.15, 0.2) is 62.2 Å². The van der Waals surface area contributed by atoms with E-state index in [4.69, 9.17) is 10.2 Å². The van der Waals surface area contributed by atoms with Gasteiger partial charge in [-0.2, -0.15) is 0 Å². The highest BCUT2D eigenvalue weighted by Gasteiger charge is 2.03. The summed E-state index contributed by atoms with van der Waals surface area (Å²) < 4.78 is 6.56. The van der Waals surface area contributed by atoms with Crippen molar-refractivity contribution in [1.82, 2.24) is 0 Å². The van der Waals surface area contributed by atoms with Gasteiger partial charge < -0.3 is 10.2 Å². The molecule has 1 heterocycles. The second kappa shape index (κ2) is 5.58. The van der Waals surface area contributed by atoms with Gasteiger partial charge in [0.05, 0.1) is 5.39 Å². The summed E-state index contributed by atoms with van der Waals surface area (Å²) in [5, 5.41) is 0.564. The van der Waals surface area contributed by atoms with Crippen LogP contribution >= 0.6 is 15.9 Å². The lowest BCUT2D eigenvalue weighted by Crippen LogP contribution is -1.99. The van der Waals surface area contributed by atoms with E-state index in [1.54, 1.807) is 18.2 Å². The van der Waals surface area contributed by atoms with Crippen LogP contribution < -0.4 is 11.2 Å². The summed E-state index contributed by atoms with van der Waals surface area (Å²) in [6.45, 7) is 0. The van der Waals surface area contributed by atoms with Gasteiger partial charge in [0, 0.05) is 16.2 Å². The zero-order valence-corrected chi connectivity index (χ0v) is 12.6. The van der Waals surface area contributed by atoms with Gasteiger partial charge in [0.25, 0.3) is 0 Å². The Labute approximate surface area is 129 Å². The third kappa shape index (κ3) is 3.06. The van der Waals surface area contributed by atoms with Crippen molar-refractivity contribution in [2.24, 2.45) is 0 Å². The minimum Gasteiger partial charge on any atom is -0.456 e. The van der Waals surface area contributed by atoms with Gasteiger partial charge >= 0.3 is 0 Å². The summed E-state index contributed by atoms with van der Waals surface area (Å²) >= 11 is 3.35. The zero-order chi connectivity index (χ0) is 14.8. The van der Waals surface area contributed by atoms with Gasteiger partial charge in [-0.15, -0.1) is 0 Å². The molecule has 3 aromatic rings. The minimum absolute atomic E-state index is 0.0606. The Morgan fingerprint density at radius 1 is 1.00 bits per heavy atom. The predicted molar refractivity (Wildman–Crippen MR) is 90.0 cm³/mol. The van der Waals surface area contributed by atoms with E-state index in [0.29, 0.717) is 16.7 Å². The fourth-order valence-corrected chi connectivity index (χ4v) is 2.38. The number of halogens is 1. The van der Waals surface area contributed by atoms with Gasteiger partial charge in [-0.05, 0) is 42.0 Å². The minimum atomic E-state index is -0.0606. The summed E-state index contributed by atoms with van der Waals surface area (Å²) in [4.78, 5) is 12.1. The molecule has 0 fully saturated rings. The SMILES string of the molecule is Nc1ccc(C=Cc2cc(=O)c3cc(Br)ccc3o2)cc1. The second-order valence-corrected chi connectivity index (χ2v) is 5.57. The van der Waals surface area contributed by atoms with E-state index in [2.05, 4.69) is 15.9 Å². The van der Waals surface area contributed by atoms with Crippen LogP contribution in [0.5, 0.6) is 0 Å². The molecule has 0 atom stereocenters. The highest BCUT2D eigenvalue weighted by molar-refractivity contribution is 9.10. The summed E-state index contributed by atoms with van der Waals surface area (Å²) in [6.07, 6.45) is 3.65. The lowest BCUT2D eigenvalue weighted by molar-refractivity contribution is 0.591. The lowest BCUT2D eigenvalue weighted by atomic mass is 10.1. The molecule has 21 heavy (non-hydrogen) atoms. The first-order valence-electron chi connectivity index (χ1n) is 6.39. The molecule has 2 aromatic carbocycles. The van der Waals surface area contributed by atoms with Gasteiger partial charge in [-0.25, -0.2) is 0 Å². The molecular weight excluding hydrogens is 330 g/mol. The van der Waals surface area contributed by atoms with Crippen molar-refractivity contribution < 1.29 is 4.42 Å². The summed E-state index contributed by atoms with van der Waals surface area (Å²) in [5.41, 5.74) is 7.86. The maximum absolute atomic E-state index is 12.1. The summed E-state index contributed by atoms with van der Waals surface area (Å²) in [6, 6.07) is 14.3. The molecule has 0 saturated heterocycles. The number of anilines is 1. The molecule has 3 nitrogen and oxygen atoms in total. The first-order valence-corrected chi connectivity index (χ1v) is 7.18. The van der Waals surface area contributed by atoms with Crippen molar-refractivity contribution in [2.75, 3.05) is 5.73 Å². The molecule has 0 spiro atoms. The van der Waals surface area contributed by atoms with Crippen molar-refractivity contribution in [3.63, 3.8) is 0 Å². The molecule has 0 unspecified atom stereocenters. The standard InChI is InChI=1S/C17H12BrNO2/c18-12-4-8-17-15(9-12)16(20)10-14(21-17)7-3-11-1-5-13(19)6-2-11/h1-10H,19H2. The number of rotatable bonds is 2. The molecule has 1 aromatic heterocycles. The van der Waals surface area contributed by atoms with E-state index < -0.39 is 0 Å². The lowest BCUT2D eigenvalue weighted by Gasteiger charge is -2.00. The topological polar surface area (TPSA) is 56.2 Å². The van der Waals surface area contributed by atoms with Gasteiger partial charge in [0.2, 0.25) is 0 Å². The van der Waals surface area contributed by atoms with Crippen molar-refractivity contribution in [3.05, 3.63) is 74.6 Å². The molecule has 0 aliphatic rings. The van der Waals surface area contributed by atoms with Crippen molar-refractivity contribution >= 4 is 44.7 Å². The Balaban J connectivity index is 1.99. The van der Waals surface area contributed by atoms with E-state index >= 15 is 0 Å². The average molecular weight is 342 g/mol. The van der Waals surface area contributed by atoms with Crippen molar-refractivity contribution in [1.29, 1.82) is 0 Å². The van der Waals surface area contributed by atoms with Crippen LogP contribution in [0, 0.1) is 0 Å². The largest absolute Gasteiger partial charge is 0.456 e. The van der Waals surface area contributed by atoms with Gasteiger partial charge in [0.1, 0.15) is 11.3 Å². The van der Waals surface area contributed by atoms with Crippen LogP contribution in [0.2, 0.25) is 0 Å².